The number of aliphatic hydroxyl groups is 1. The molecule has 0 saturated carbocycles. The molecule has 0 spiro atoms. The highest BCUT2D eigenvalue weighted by atomic mass is 16.4. The van der Waals surface area contributed by atoms with Gasteiger partial charge in [0.05, 0.1) is 5.60 Å². The van der Waals surface area contributed by atoms with Crippen LogP contribution in [-0.4, -0.2) is 45.3 Å². The monoisotopic (exact) mass is 243 g/mol. The minimum Gasteiger partial charge on any atom is -0.480 e. The first kappa shape index (κ1) is 14.5. The van der Waals surface area contributed by atoms with E-state index in [4.69, 9.17) is 0 Å². The standard InChI is InChI=1S/C13H25NO3/c1-4-12(17,5-2)10-14-9-7-8-13(14,6-3)11(15)16/h17H,4-10H2,1-3H3,(H,15,16). The lowest BCUT2D eigenvalue weighted by Gasteiger charge is -2.39. The number of hydrogen-bond acceptors (Lipinski definition) is 3. The average molecular weight is 243 g/mol. The minimum atomic E-state index is -0.752. The summed E-state index contributed by atoms with van der Waals surface area (Å²) >= 11 is 0. The Morgan fingerprint density at radius 2 is 1.94 bits per heavy atom. The first-order valence-corrected chi connectivity index (χ1v) is 6.65. The predicted octanol–water partition coefficient (Wildman–Crippen LogP) is 1.87. The summed E-state index contributed by atoms with van der Waals surface area (Å²) in [6.07, 6.45) is 3.54. The van der Waals surface area contributed by atoms with Crippen LogP contribution in [0, 0.1) is 0 Å². The molecule has 0 aliphatic carbocycles. The normalized spacial score (nSPS) is 26.4. The minimum absolute atomic E-state index is 0.472. The van der Waals surface area contributed by atoms with Crippen LogP contribution in [0.25, 0.3) is 0 Å². The molecule has 1 heterocycles. The van der Waals surface area contributed by atoms with Crippen molar-refractivity contribution in [2.24, 2.45) is 0 Å². The lowest BCUT2D eigenvalue weighted by molar-refractivity contribution is -0.152. The summed E-state index contributed by atoms with van der Waals surface area (Å²) < 4.78 is 0. The average Bonchev–Trinajstić information content (AvgIpc) is 2.72. The maximum Gasteiger partial charge on any atom is 0.324 e. The van der Waals surface area contributed by atoms with Crippen LogP contribution >= 0.6 is 0 Å². The molecule has 2 N–H and O–H groups in total. The Morgan fingerprint density at radius 3 is 2.35 bits per heavy atom. The zero-order valence-corrected chi connectivity index (χ0v) is 11.2. The second kappa shape index (κ2) is 5.36. The highest BCUT2D eigenvalue weighted by Gasteiger charge is 2.47. The van der Waals surface area contributed by atoms with Gasteiger partial charge in [0.25, 0.3) is 0 Å². The van der Waals surface area contributed by atoms with Gasteiger partial charge in [-0.25, -0.2) is 0 Å². The summed E-state index contributed by atoms with van der Waals surface area (Å²) in [6, 6.07) is 0. The number of carbonyl (C=O) groups is 1. The zero-order chi connectivity index (χ0) is 13.1. The summed E-state index contributed by atoms with van der Waals surface area (Å²) in [5, 5.41) is 19.8. The summed E-state index contributed by atoms with van der Waals surface area (Å²) in [4.78, 5) is 13.5. The van der Waals surface area contributed by atoms with Crippen molar-refractivity contribution in [3.63, 3.8) is 0 Å². The van der Waals surface area contributed by atoms with Crippen molar-refractivity contribution in [3.05, 3.63) is 0 Å². The van der Waals surface area contributed by atoms with Crippen LogP contribution < -0.4 is 0 Å². The van der Waals surface area contributed by atoms with Crippen molar-refractivity contribution in [1.82, 2.24) is 4.90 Å². The Labute approximate surface area is 104 Å². The fourth-order valence-corrected chi connectivity index (χ4v) is 2.79. The van der Waals surface area contributed by atoms with Crippen LogP contribution in [0.5, 0.6) is 0 Å². The number of hydrogen-bond donors (Lipinski definition) is 2. The van der Waals surface area contributed by atoms with Gasteiger partial charge >= 0.3 is 5.97 Å². The molecule has 1 atom stereocenters. The van der Waals surface area contributed by atoms with Gasteiger partial charge in [-0.15, -0.1) is 0 Å². The summed E-state index contributed by atoms with van der Waals surface area (Å²) in [5.74, 6) is -0.743. The van der Waals surface area contributed by atoms with Crippen LogP contribution in [0.1, 0.15) is 52.9 Å². The molecular formula is C13H25NO3. The Balaban J connectivity index is 2.86. The van der Waals surface area contributed by atoms with Crippen LogP contribution in [-0.2, 0) is 4.79 Å². The Hall–Kier alpha value is -0.610. The van der Waals surface area contributed by atoms with Crippen LogP contribution in [0.15, 0.2) is 0 Å². The Bertz CT molecular complexity index is 276. The van der Waals surface area contributed by atoms with Crippen molar-refractivity contribution >= 4 is 5.97 Å². The highest BCUT2D eigenvalue weighted by Crippen LogP contribution is 2.34. The van der Waals surface area contributed by atoms with E-state index < -0.39 is 17.1 Å². The molecular weight excluding hydrogens is 218 g/mol. The second-order valence-corrected chi connectivity index (χ2v) is 5.15. The fourth-order valence-electron chi connectivity index (χ4n) is 2.79. The molecule has 17 heavy (non-hydrogen) atoms. The number of β-amino-alcohol motifs (C(OH)–C–C–N with tert-alkyl or cyclic N) is 1. The van der Waals surface area contributed by atoms with E-state index in [1.807, 2.05) is 25.7 Å². The van der Waals surface area contributed by atoms with Gasteiger partial charge in [0.2, 0.25) is 0 Å². The molecule has 0 aromatic heterocycles. The van der Waals surface area contributed by atoms with Crippen molar-refractivity contribution in [3.8, 4) is 0 Å². The lowest BCUT2D eigenvalue weighted by Crippen LogP contribution is -2.55. The van der Waals surface area contributed by atoms with Gasteiger partial charge in [-0.3, -0.25) is 9.69 Å². The quantitative estimate of drug-likeness (QED) is 0.747. The van der Waals surface area contributed by atoms with Gasteiger partial charge < -0.3 is 10.2 Å². The van der Waals surface area contributed by atoms with Gasteiger partial charge in [-0.1, -0.05) is 20.8 Å². The van der Waals surface area contributed by atoms with E-state index >= 15 is 0 Å². The van der Waals surface area contributed by atoms with Crippen molar-refractivity contribution in [2.75, 3.05) is 13.1 Å². The maximum atomic E-state index is 11.5. The largest absolute Gasteiger partial charge is 0.480 e. The van der Waals surface area contributed by atoms with E-state index in [9.17, 15) is 15.0 Å². The van der Waals surface area contributed by atoms with Crippen molar-refractivity contribution < 1.29 is 15.0 Å². The van der Waals surface area contributed by atoms with Gasteiger partial charge in [0, 0.05) is 6.54 Å². The Kier molecular flexibility index (Phi) is 4.55. The van der Waals surface area contributed by atoms with Crippen LogP contribution in [0.2, 0.25) is 0 Å². The number of rotatable bonds is 6. The molecule has 0 amide bonds. The van der Waals surface area contributed by atoms with E-state index in [-0.39, 0.29) is 0 Å². The molecule has 0 aromatic rings. The number of carboxylic acids is 1. The zero-order valence-electron chi connectivity index (χ0n) is 11.2. The third-order valence-electron chi connectivity index (χ3n) is 4.41. The number of carboxylic acid groups (broad SMARTS) is 1. The number of aliphatic carboxylic acids is 1. The molecule has 1 aliphatic heterocycles. The van der Waals surface area contributed by atoms with Gasteiger partial charge in [-0.05, 0) is 38.6 Å². The smallest absolute Gasteiger partial charge is 0.324 e. The molecule has 0 aromatic carbocycles. The second-order valence-electron chi connectivity index (χ2n) is 5.15. The summed E-state index contributed by atoms with van der Waals surface area (Å²) in [5.41, 5.74) is -1.50. The number of nitrogens with zero attached hydrogens (tertiary/aromatic N) is 1. The molecule has 1 rings (SSSR count). The molecule has 1 saturated heterocycles. The highest BCUT2D eigenvalue weighted by molar-refractivity contribution is 5.79. The fraction of sp³-hybridized carbons (Fsp3) is 0.923. The van der Waals surface area contributed by atoms with Crippen molar-refractivity contribution in [2.45, 2.75) is 64.0 Å². The van der Waals surface area contributed by atoms with E-state index in [1.54, 1.807) is 0 Å². The molecule has 4 nitrogen and oxygen atoms in total. The molecule has 1 aliphatic rings. The predicted molar refractivity (Wildman–Crippen MR) is 67.0 cm³/mol. The maximum absolute atomic E-state index is 11.5. The van der Waals surface area contributed by atoms with E-state index in [2.05, 4.69) is 0 Å². The third kappa shape index (κ3) is 2.63. The van der Waals surface area contributed by atoms with Crippen LogP contribution in [0.3, 0.4) is 0 Å². The van der Waals surface area contributed by atoms with E-state index in [0.29, 0.717) is 32.2 Å². The molecule has 1 unspecified atom stereocenters. The molecule has 0 radical (unpaired) electrons. The van der Waals surface area contributed by atoms with Crippen LogP contribution in [0.4, 0.5) is 0 Å². The third-order valence-corrected chi connectivity index (χ3v) is 4.41. The topological polar surface area (TPSA) is 60.8 Å². The summed E-state index contributed by atoms with van der Waals surface area (Å²) in [7, 11) is 0. The lowest BCUT2D eigenvalue weighted by atomic mass is 9.90. The molecule has 100 valence electrons. The molecule has 4 heteroatoms. The number of likely N-dealkylation sites (tertiary alicyclic amines) is 1. The van der Waals surface area contributed by atoms with Gasteiger partial charge in [0.15, 0.2) is 0 Å². The first-order chi connectivity index (χ1) is 7.94. The first-order valence-electron chi connectivity index (χ1n) is 6.65. The van der Waals surface area contributed by atoms with Gasteiger partial charge in [0.1, 0.15) is 5.54 Å². The van der Waals surface area contributed by atoms with Crippen molar-refractivity contribution in [1.29, 1.82) is 0 Å². The Morgan fingerprint density at radius 1 is 1.35 bits per heavy atom. The van der Waals surface area contributed by atoms with E-state index in [0.717, 1.165) is 13.0 Å². The summed E-state index contributed by atoms with van der Waals surface area (Å²) in [6.45, 7) is 7.08. The SMILES string of the molecule is CCC(O)(CC)CN1CCCC1(CC)C(=O)O. The molecule has 1 fully saturated rings. The van der Waals surface area contributed by atoms with Gasteiger partial charge in [-0.2, -0.15) is 0 Å². The molecule has 0 bridgehead atoms. The van der Waals surface area contributed by atoms with E-state index in [1.165, 1.54) is 0 Å².